The van der Waals surface area contributed by atoms with Gasteiger partial charge in [0.25, 0.3) is 10.2 Å². The Labute approximate surface area is 116 Å². The molecule has 1 aliphatic heterocycles. The van der Waals surface area contributed by atoms with Crippen molar-refractivity contribution in [2.24, 2.45) is 0 Å². The summed E-state index contributed by atoms with van der Waals surface area (Å²) in [6, 6.07) is 7.88. The molecule has 0 saturated heterocycles. The summed E-state index contributed by atoms with van der Waals surface area (Å²) >= 11 is 0. The molecule has 0 unspecified atom stereocenters. The Morgan fingerprint density at radius 3 is 2.85 bits per heavy atom. The molecule has 2 heterocycles. The molecule has 106 valence electrons. The average molecular weight is 294 g/mol. The molecule has 1 aromatic heterocycles. The van der Waals surface area contributed by atoms with Crippen LogP contribution < -0.4 is 4.72 Å². The first kappa shape index (κ1) is 13.2. The monoisotopic (exact) mass is 294 g/mol. The molecule has 2 N–H and O–H groups in total. The highest BCUT2D eigenvalue weighted by molar-refractivity contribution is 7.87. The number of H-pyrrole nitrogens is 1. The van der Waals surface area contributed by atoms with Crippen molar-refractivity contribution in [3.05, 3.63) is 41.2 Å². The summed E-state index contributed by atoms with van der Waals surface area (Å²) in [5.41, 5.74) is 2.25. The molecule has 0 bridgehead atoms. The van der Waals surface area contributed by atoms with Crippen molar-refractivity contribution in [1.82, 2.24) is 29.7 Å². The fourth-order valence-electron chi connectivity index (χ4n) is 2.18. The number of nitrogens with zero attached hydrogens (tertiary/aromatic N) is 4. The number of hydrogen-bond acceptors (Lipinski definition) is 5. The third kappa shape index (κ3) is 2.69. The van der Waals surface area contributed by atoms with Crippen LogP contribution in [-0.2, 0) is 29.7 Å². The molecule has 0 spiro atoms. The first-order valence-electron chi connectivity index (χ1n) is 6.19. The quantitative estimate of drug-likeness (QED) is 0.798. The van der Waals surface area contributed by atoms with E-state index in [1.54, 1.807) is 0 Å². The van der Waals surface area contributed by atoms with Crippen LogP contribution in [0, 0.1) is 0 Å². The van der Waals surface area contributed by atoms with E-state index in [0.717, 1.165) is 12.0 Å². The SMILES string of the molecule is O=S(=O)(NCc1nn[nH]n1)N1CCc2ccccc2C1. The Bertz CT molecular complexity index is 685. The van der Waals surface area contributed by atoms with Crippen molar-refractivity contribution in [3.8, 4) is 0 Å². The van der Waals surface area contributed by atoms with Crippen LogP contribution in [0.5, 0.6) is 0 Å². The molecule has 0 aliphatic carbocycles. The van der Waals surface area contributed by atoms with Crippen molar-refractivity contribution in [3.63, 3.8) is 0 Å². The lowest BCUT2D eigenvalue weighted by Crippen LogP contribution is -2.43. The zero-order valence-electron chi connectivity index (χ0n) is 10.7. The lowest BCUT2D eigenvalue weighted by atomic mass is 10.0. The van der Waals surface area contributed by atoms with E-state index in [0.29, 0.717) is 18.9 Å². The molecule has 0 fully saturated rings. The van der Waals surface area contributed by atoms with Crippen LogP contribution >= 0.6 is 0 Å². The summed E-state index contributed by atoms with van der Waals surface area (Å²) < 4.78 is 28.3. The summed E-state index contributed by atoms with van der Waals surface area (Å²) in [5, 5.41) is 13.1. The molecule has 8 nitrogen and oxygen atoms in total. The summed E-state index contributed by atoms with van der Waals surface area (Å²) in [4.78, 5) is 0. The van der Waals surface area contributed by atoms with Gasteiger partial charge in [-0.05, 0) is 17.5 Å². The lowest BCUT2D eigenvalue weighted by molar-refractivity contribution is 0.383. The van der Waals surface area contributed by atoms with Gasteiger partial charge in [0.2, 0.25) is 0 Å². The van der Waals surface area contributed by atoms with Crippen LogP contribution in [0.1, 0.15) is 17.0 Å². The number of tetrazole rings is 1. The molecule has 0 atom stereocenters. The van der Waals surface area contributed by atoms with Gasteiger partial charge >= 0.3 is 0 Å². The number of hydrogen-bond donors (Lipinski definition) is 2. The van der Waals surface area contributed by atoms with Gasteiger partial charge in [0.1, 0.15) is 0 Å². The summed E-state index contributed by atoms with van der Waals surface area (Å²) in [6.07, 6.45) is 0.722. The second-order valence-corrected chi connectivity index (χ2v) is 6.26. The predicted molar refractivity (Wildman–Crippen MR) is 70.5 cm³/mol. The predicted octanol–water partition coefficient (Wildman–Crippen LogP) is -0.408. The van der Waals surface area contributed by atoms with Crippen molar-refractivity contribution < 1.29 is 8.42 Å². The molecule has 9 heteroatoms. The molecule has 0 saturated carbocycles. The van der Waals surface area contributed by atoms with Gasteiger partial charge in [0, 0.05) is 13.1 Å². The molecule has 20 heavy (non-hydrogen) atoms. The van der Waals surface area contributed by atoms with Crippen molar-refractivity contribution >= 4 is 10.2 Å². The van der Waals surface area contributed by atoms with Gasteiger partial charge in [-0.2, -0.15) is 22.7 Å². The number of rotatable bonds is 4. The molecule has 1 aromatic carbocycles. The highest BCUT2D eigenvalue weighted by Gasteiger charge is 2.26. The normalized spacial score (nSPS) is 16.0. The number of aromatic nitrogens is 4. The Balaban J connectivity index is 1.70. The van der Waals surface area contributed by atoms with Crippen molar-refractivity contribution in [2.45, 2.75) is 19.5 Å². The van der Waals surface area contributed by atoms with E-state index in [-0.39, 0.29) is 6.54 Å². The second-order valence-electron chi connectivity index (χ2n) is 4.51. The number of aromatic amines is 1. The van der Waals surface area contributed by atoms with Crippen LogP contribution in [0.4, 0.5) is 0 Å². The van der Waals surface area contributed by atoms with E-state index in [4.69, 9.17) is 0 Å². The minimum Gasteiger partial charge on any atom is -0.195 e. The Morgan fingerprint density at radius 1 is 1.30 bits per heavy atom. The standard InChI is InChI=1S/C11H14N6O2S/c18-20(19,12-7-11-13-15-16-14-11)17-6-5-9-3-1-2-4-10(9)8-17/h1-4,12H,5-8H2,(H,13,14,15,16). The maximum atomic E-state index is 12.2. The Hall–Kier alpha value is -1.84. The second kappa shape index (κ2) is 5.27. The van der Waals surface area contributed by atoms with E-state index < -0.39 is 10.2 Å². The first-order chi connectivity index (χ1) is 9.65. The number of fused-ring (bicyclic) bond motifs is 1. The lowest BCUT2D eigenvalue weighted by Gasteiger charge is -2.27. The van der Waals surface area contributed by atoms with Crippen LogP contribution in [0.2, 0.25) is 0 Å². The van der Waals surface area contributed by atoms with E-state index >= 15 is 0 Å². The van der Waals surface area contributed by atoms with Gasteiger partial charge < -0.3 is 0 Å². The van der Waals surface area contributed by atoms with Crippen LogP contribution in [0.25, 0.3) is 0 Å². The molecular formula is C11H14N6O2S. The third-order valence-corrected chi connectivity index (χ3v) is 4.74. The van der Waals surface area contributed by atoms with Gasteiger partial charge in [0.15, 0.2) is 5.82 Å². The van der Waals surface area contributed by atoms with E-state index in [1.165, 1.54) is 9.87 Å². The minimum atomic E-state index is -3.54. The molecule has 0 radical (unpaired) electrons. The molecular weight excluding hydrogens is 280 g/mol. The molecule has 1 aliphatic rings. The fourth-order valence-corrected chi connectivity index (χ4v) is 3.31. The van der Waals surface area contributed by atoms with E-state index in [2.05, 4.69) is 25.3 Å². The Kier molecular flexibility index (Phi) is 3.47. The molecule has 3 rings (SSSR count). The third-order valence-electron chi connectivity index (χ3n) is 3.24. The molecule has 0 amide bonds. The average Bonchev–Trinajstić information content (AvgIpc) is 2.98. The zero-order chi connectivity index (χ0) is 14.0. The maximum Gasteiger partial charge on any atom is 0.280 e. The largest absolute Gasteiger partial charge is 0.280 e. The number of nitrogens with one attached hydrogen (secondary N) is 2. The number of benzene rings is 1. The van der Waals surface area contributed by atoms with E-state index in [9.17, 15) is 8.42 Å². The Morgan fingerprint density at radius 2 is 2.10 bits per heavy atom. The molecule has 2 aromatic rings. The highest BCUT2D eigenvalue weighted by Crippen LogP contribution is 2.20. The maximum absolute atomic E-state index is 12.2. The van der Waals surface area contributed by atoms with Crippen molar-refractivity contribution in [2.75, 3.05) is 6.54 Å². The van der Waals surface area contributed by atoms with Gasteiger partial charge in [-0.3, -0.25) is 0 Å². The van der Waals surface area contributed by atoms with Gasteiger partial charge in [-0.25, -0.2) is 0 Å². The van der Waals surface area contributed by atoms with Crippen molar-refractivity contribution in [1.29, 1.82) is 0 Å². The topological polar surface area (TPSA) is 104 Å². The van der Waals surface area contributed by atoms with Crippen LogP contribution in [0.15, 0.2) is 24.3 Å². The fraction of sp³-hybridized carbons (Fsp3) is 0.364. The zero-order valence-corrected chi connectivity index (χ0v) is 11.5. The van der Waals surface area contributed by atoms with Gasteiger partial charge in [-0.15, -0.1) is 10.2 Å². The summed E-state index contributed by atoms with van der Waals surface area (Å²) in [5.74, 6) is 0.311. The first-order valence-corrected chi connectivity index (χ1v) is 7.63. The summed E-state index contributed by atoms with van der Waals surface area (Å²) in [6.45, 7) is 0.882. The minimum absolute atomic E-state index is 0.0248. The van der Waals surface area contributed by atoms with Gasteiger partial charge in [0.05, 0.1) is 6.54 Å². The smallest absolute Gasteiger partial charge is 0.195 e. The van der Waals surface area contributed by atoms with Crippen LogP contribution in [-0.4, -0.2) is 39.9 Å². The van der Waals surface area contributed by atoms with Crippen LogP contribution in [0.3, 0.4) is 0 Å². The van der Waals surface area contributed by atoms with E-state index in [1.807, 2.05) is 24.3 Å². The highest BCUT2D eigenvalue weighted by atomic mass is 32.2. The summed E-state index contributed by atoms with van der Waals surface area (Å²) in [7, 11) is -3.54. The van der Waals surface area contributed by atoms with Gasteiger partial charge in [-0.1, -0.05) is 29.5 Å².